The van der Waals surface area contributed by atoms with Crippen molar-refractivity contribution in [2.75, 3.05) is 39.5 Å². The van der Waals surface area contributed by atoms with Crippen molar-refractivity contribution in [2.24, 2.45) is 0 Å². The van der Waals surface area contributed by atoms with Crippen LogP contribution in [0.15, 0.2) is 60.7 Å². The van der Waals surface area contributed by atoms with Gasteiger partial charge in [0.05, 0.1) is 39.3 Å². The Morgan fingerprint density at radius 1 is 0.557 bits per heavy atom. The van der Waals surface area contributed by atoms with Gasteiger partial charge < -0.3 is 43.2 Å². The predicted octanol–water partition coefficient (Wildman–Crippen LogP) is 4.55. The summed E-state index contributed by atoms with van der Waals surface area (Å²) in [6.07, 6.45) is -5.29. The van der Waals surface area contributed by atoms with Gasteiger partial charge in [0.2, 0.25) is 0 Å². The number of nitrogens with one attached hydrogen (secondary N) is 3. The molecule has 2 aromatic rings. The molecule has 0 fully saturated rings. The number of hydrogen-bond donors (Lipinski definition) is 3. The Kier molecular flexibility index (Phi) is 22.7. The predicted molar refractivity (Wildman–Crippen MR) is 253 cm³/mol. The molecule has 0 aliphatic carbocycles. The third-order valence-electron chi connectivity index (χ3n) is 8.44. The first kappa shape index (κ1) is 60.7. The zero-order valence-corrected chi connectivity index (χ0v) is 43.7. The van der Waals surface area contributed by atoms with Crippen molar-refractivity contribution < 1.29 is 83.5 Å². The van der Waals surface area contributed by atoms with E-state index in [2.05, 4.69) is 5.32 Å². The van der Waals surface area contributed by atoms with Crippen molar-refractivity contribution in [1.29, 1.82) is 0 Å². The maximum atomic E-state index is 14.8. The molecule has 0 saturated carbocycles. The van der Waals surface area contributed by atoms with E-state index in [-0.39, 0.29) is 37.1 Å². The summed E-state index contributed by atoms with van der Waals surface area (Å²) in [4.78, 5) is 76.6. The van der Waals surface area contributed by atoms with Crippen LogP contribution in [0.1, 0.15) is 107 Å². The molecule has 2 aromatic carbocycles. The van der Waals surface area contributed by atoms with Crippen molar-refractivity contribution in [3.63, 3.8) is 0 Å². The van der Waals surface area contributed by atoms with Gasteiger partial charge in [0.25, 0.3) is 14.9 Å². The summed E-state index contributed by atoms with van der Waals surface area (Å²) in [5, 5.41) is 2.91. The molecule has 3 N–H and O–H groups in total. The van der Waals surface area contributed by atoms with Gasteiger partial charge in [0, 0.05) is 13.1 Å². The third kappa shape index (κ3) is 22.6. The first-order valence-electron chi connectivity index (χ1n) is 22.2. The zero-order valence-electron chi connectivity index (χ0n) is 42.0. The maximum Gasteiger partial charge on any atom is 0.422 e. The number of sulfonamides is 1. The number of benzene rings is 2. The zero-order chi connectivity index (χ0) is 53.2. The van der Waals surface area contributed by atoms with Crippen LogP contribution in [-0.4, -0.2) is 130 Å². The molecule has 0 saturated heterocycles. The highest BCUT2D eigenvalue weighted by Crippen LogP contribution is 2.34. The van der Waals surface area contributed by atoms with E-state index in [1.807, 2.05) is 0 Å². The third-order valence-corrected chi connectivity index (χ3v) is 11.9. The Bertz CT molecular complexity index is 2270. The Balaban J connectivity index is 2.52. The summed E-state index contributed by atoms with van der Waals surface area (Å²) in [6.45, 7) is 15.0. The van der Waals surface area contributed by atoms with Gasteiger partial charge in [0.1, 0.15) is 41.7 Å². The molecular formula is C46H70N4O18S2. The number of hydrogen-bond acceptors (Lipinski definition) is 19. The number of carbonyl (C=O) groups is 6. The highest BCUT2D eigenvalue weighted by molar-refractivity contribution is 7.94. The summed E-state index contributed by atoms with van der Waals surface area (Å²) in [5.41, 5.74) is -3.70. The van der Waals surface area contributed by atoms with Crippen molar-refractivity contribution in [2.45, 2.75) is 142 Å². The quantitative estimate of drug-likeness (QED) is 0.0698. The average molecular weight is 1030 g/mol. The molecule has 0 aromatic heterocycles. The molecule has 22 nitrogen and oxygen atoms in total. The standard InChI is InChI=1S/C46H70N4O18S2/c1-42(2,3)65-36(51)29-35(38(53)67-44(7,8)9)47-23-25-61-27-28-62-26-24-50(70(59,60)49-41(56)64-32-34-21-17-14-18-22-34)46(39(54)68-45(10,11)12,30-37(52)66-43(4,5)6)69(57,58)48-40(55)63-31-33-19-15-13-16-20-33/h13-22,35,47H,23-32H2,1-12H3,(H,48,55)(H,49,56)/t35?,46-/m0/s1. The van der Waals surface area contributed by atoms with Crippen LogP contribution in [0.2, 0.25) is 0 Å². The molecule has 2 amide bonds. The Hall–Kier alpha value is -5.40. The normalized spacial score (nSPS) is 13.8. The van der Waals surface area contributed by atoms with Crippen LogP contribution in [-0.2, 0) is 90.5 Å². The van der Waals surface area contributed by atoms with Crippen LogP contribution in [0.3, 0.4) is 0 Å². The summed E-state index contributed by atoms with van der Waals surface area (Å²) >= 11 is 0. The monoisotopic (exact) mass is 1030 g/mol. The smallest absolute Gasteiger partial charge is 0.422 e. The Morgan fingerprint density at radius 3 is 1.47 bits per heavy atom. The fourth-order valence-electron chi connectivity index (χ4n) is 5.82. The number of esters is 4. The van der Waals surface area contributed by atoms with E-state index in [0.717, 1.165) is 0 Å². The van der Waals surface area contributed by atoms with E-state index in [1.165, 1.54) is 41.5 Å². The van der Waals surface area contributed by atoms with E-state index in [0.29, 0.717) is 11.1 Å². The molecule has 70 heavy (non-hydrogen) atoms. The SMILES string of the molecule is CC(C)(C)OC(=O)CC(NCCOCCOCCN([C@](CC(=O)OC(C)(C)C)(C(=O)OC(C)(C)C)S(=O)(=O)NC(=O)OCc1ccccc1)S(=O)(=O)NC(=O)OCc1ccccc1)C(=O)OC(C)(C)C. The first-order chi connectivity index (χ1) is 32.1. The lowest BCUT2D eigenvalue weighted by atomic mass is 10.1. The molecule has 1 unspecified atom stereocenters. The topological polar surface area (TPSA) is 284 Å². The van der Waals surface area contributed by atoms with Gasteiger partial charge in [0.15, 0.2) is 0 Å². The van der Waals surface area contributed by atoms with Gasteiger partial charge in [-0.2, -0.15) is 8.42 Å². The minimum atomic E-state index is -5.88. The summed E-state index contributed by atoms with van der Waals surface area (Å²) in [7, 11) is -11.5. The average Bonchev–Trinajstić information content (AvgIpc) is 3.19. The first-order valence-corrected chi connectivity index (χ1v) is 25.1. The number of nitrogens with zero attached hydrogens (tertiary/aromatic N) is 1. The molecule has 394 valence electrons. The second-order valence-corrected chi connectivity index (χ2v) is 23.0. The summed E-state index contributed by atoms with van der Waals surface area (Å²) < 4.78 is 105. The summed E-state index contributed by atoms with van der Waals surface area (Å²) in [5.74, 6) is -4.68. The van der Waals surface area contributed by atoms with Crippen LogP contribution >= 0.6 is 0 Å². The van der Waals surface area contributed by atoms with Gasteiger partial charge in [-0.05, 0) is 94.2 Å². The highest BCUT2D eigenvalue weighted by Gasteiger charge is 2.64. The molecule has 0 aliphatic heterocycles. The van der Waals surface area contributed by atoms with E-state index < -0.39 is 122 Å². The molecule has 2 rings (SSSR count). The van der Waals surface area contributed by atoms with Crippen LogP contribution < -0.4 is 14.8 Å². The van der Waals surface area contributed by atoms with Crippen molar-refractivity contribution >= 4 is 56.3 Å². The van der Waals surface area contributed by atoms with E-state index in [4.69, 9.17) is 37.9 Å². The second-order valence-electron chi connectivity index (χ2n) is 19.5. The largest absolute Gasteiger partial charge is 0.460 e. The van der Waals surface area contributed by atoms with E-state index in [9.17, 15) is 45.6 Å². The van der Waals surface area contributed by atoms with Crippen LogP contribution in [0.25, 0.3) is 0 Å². The van der Waals surface area contributed by atoms with E-state index in [1.54, 1.807) is 112 Å². The molecule has 0 heterocycles. The van der Waals surface area contributed by atoms with Crippen LogP contribution in [0.4, 0.5) is 9.59 Å². The fourth-order valence-corrected chi connectivity index (χ4v) is 9.01. The lowest BCUT2D eigenvalue weighted by Gasteiger charge is -2.40. The maximum absolute atomic E-state index is 14.8. The molecule has 0 radical (unpaired) electrons. The molecular weight excluding hydrogens is 961 g/mol. The summed E-state index contributed by atoms with van der Waals surface area (Å²) in [6, 6.07) is 15.0. The molecule has 2 atom stereocenters. The molecule has 0 aliphatic rings. The lowest BCUT2D eigenvalue weighted by Crippen LogP contribution is -2.69. The second kappa shape index (κ2) is 26.2. The molecule has 24 heteroatoms. The van der Waals surface area contributed by atoms with Crippen molar-refractivity contribution in [1.82, 2.24) is 19.1 Å². The van der Waals surface area contributed by atoms with Gasteiger partial charge >= 0.3 is 46.3 Å². The number of amides is 2. The van der Waals surface area contributed by atoms with Crippen LogP contribution in [0.5, 0.6) is 0 Å². The lowest BCUT2D eigenvalue weighted by molar-refractivity contribution is -0.169. The van der Waals surface area contributed by atoms with Gasteiger partial charge in [-0.3, -0.25) is 14.4 Å². The minimum absolute atomic E-state index is 0.0342. The van der Waals surface area contributed by atoms with Crippen LogP contribution in [0, 0.1) is 0 Å². The number of ether oxygens (including phenoxy) is 8. The van der Waals surface area contributed by atoms with Crippen molar-refractivity contribution in [3.8, 4) is 0 Å². The van der Waals surface area contributed by atoms with Gasteiger partial charge in [-0.25, -0.2) is 32.2 Å². The number of rotatable bonds is 25. The minimum Gasteiger partial charge on any atom is -0.460 e. The molecule has 0 spiro atoms. The highest BCUT2D eigenvalue weighted by atomic mass is 32.2. The van der Waals surface area contributed by atoms with E-state index >= 15 is 0 Å². The number of carbonyl (C=O) groups excluding carboxylic acids is 6. The Labute approximate surface area is 411 Å². The fraction of sp³-hybridized carbons (Fsp3) is 0.609. The van der Waals surface area contributed by atoms with Crippen molar-refractivity contribution in [3.05, 3.63) is 71.8 Å². The Morgan fingerprint density at radius 2 is 1.00 bits per heavy atom. The van der Waals surface area contributed by atoms with Gasteiger partial charge in [-0.15, -0.1) is 4.31 Å². The van der Waals surface area contributed by atoms with Gasteiger partial charge in [-0.1, -0.05) is 60.7 Å². The molecule has 0 bridgehead atoms.